The predicted octanol–water partition coefficient (Wildman–Crippen LogP) is 1.62. The van der Waals surface area contributed by atoms with Crippen LogP contribution in [0.4, 0.5) is 0 Å². The van der Waals surface area contributed by atoms with Crippen LogP contribution in [-0.4, -0.2) is 20.8 Å². The van der Waals surface area contributed by atoms with E-state index in [1.54, 1.807) is 0 Å². The van der Waals surface area contributed by atoms with Gasteiger partial charge in [0.1, 0.15) is 0 Å². The summed E-state index contributed by atoms with van der Waals surface area (Å²) in [6, 6.07) is 0. The second-order valence-corrected chi connectivity index (χ2v) is 5.52. The largest absolute Gasteiger partial charge is 0.510 e. The van der Waals surface area contributed by atoms with Gasteiger partial charge in [-0.1, -0.05) is 11.1 Å². The van der Waals surface area contributed by atoms with Gasteiger partial charge in [0.05, 0.1) is 0 Å². The van der Waals surface area contributed by atoms with Crippen molar-refractivity contribution < 1.29 is 8.85 Å². The molecule has 0 aromatic heterocycles. The van der Waals surface area contributed by atoms with Gasteiger partial charge in [-0.05, 0) is 27.7 Å². The fourth-order valence-electron chi connectivity index (χ4n) is 0.869. The molecule has 72 valence electrons. The first-order valence-corrected chi connectivity index (χ1v) is 6.08. The van der Waals surface area contributed by atoms with Crippen molar-refractivity contribution in [3.63, 3.8) is 0 Å². The Labute approximate surface area is 81.9 Å². The molecule has 0 amide bonds. The topological polar surface area (TPSA) is 18.5 Å². The van der Waals surface area contributed by atoms with Gasteiger partial charge >= 0.3 is 8.56 Å². The van der Waals surface area contributed by atoms with Crippen LogP contribution in [0.25, 0.3) is 0 Å². The molecule has 0 aromatic carbocycles. The maximum absolute atomic E-state index is 5.49. The molecule has 0 unspecified atom stereocenters. The van der Waals surface area contributed by atoms with E-state index in [9.17, 15) is 0 Å². The fraction of sp³-hybridized carbons (Fsp3) is 0.600. The number of rotatable bonds is 4. The zero-order valence-corrected chi connectivity index (χ0v) is 9.63. The Morgan fingerprint density at radius 2 is 1.23 bits per heavy atom. The SMILES string of the molecule is C#C[Si](C#C)(OC(C)C)OC(C)C. The smallest absolute Gasteiger partial charge is 0.374 e. The van der Waals surface area contributed by atoms with Crippen LogP contribution >= 0.6 is 0 Å². The molecular formula is C10H16O2Si. The minimum Gasteiger partial charge on any atom is -0.374 e. The molecule has 0 fully saturated rings. The van der Waals surface area contributed by atoms with Crippen LogP contribution in [-0.2, 0) is 8.85 Å². The lowest BCUT2D eigenvalue weighted by molar-refractivity contribution is 0.127. The fourth-order valence-corrected chi connectivity index (χ4v) is 2.61. The van der Waals surface area contributed by atoms with Gasteiger partial charge in [-0.25, -0.2) is 0 Å². The summed E-state index contributed by atoms with van der Waals surface area (Å²) in [5.41, 5.74) is 4.97. The van der Waals surface area contributed by atoms with Crippen LogP contribution < -0.4 is 0 Å². The molecule has 0 aliphatic carbocycles. The summed E-state index contributed by atoms with van der Waals surface area (Å²) in [6.07, 6.45) is 10.7. The van der Waals surface area contributed by atoms with Crippen molar-refractivity contribution in [3.05, 3.63) is 0 Å². The summed E-state index contributed by atoms with van der Waals surface area (Å²) in [5.74, 6) is 0. The van der Waals surface area contributed by atoms with E-state index in [0.717, 1.165) is 0 Å². The Hall–Kier alpha value is -0.743. The summed E-state index contributed by atoms with van der Waals surface area (Å²) in [6.45, 7) is 7.56. The maximum atomic E-state index is 5.49. The molecule has 3 heteroatoms. The quantitative estimate of drug-likeness (QED) is 0.502. The second-order valence-electron chi connectivity index (χ2n) is 3.24. The van der Waals surface area contributed by atoms with E-state index >= 15 is 0 Å². The Morgan fingerprint density at radius 3 is 1.38 bits per heavy atom. The summed E-state index contributed by atoms with van der Waals surface area (Å²) in [7, 11) is -2.81. The zero-order chi connectivity index (χ0) is 10.5. The van der Waals surface area contributed by atoms with Crippen LogP contribution in [0.2, 0.25) is 0 Å². The molecule has 0 spiro atoms. The second kappa shape index (κ2) is 5.09. The third-order valence-corrected chi connectivity index (χ3v) is 3.55. The first kappa shape index (κ1) is 12.3. The molecule has 0 rings (SSSR count). The number of terminal acetylenes is 2. The van der Waals surface area contributed by atoms with Crippen molar-refractivity contribution in [2.75, 3.05) is 0 Å². The van der Waals surface area contributed by atoms with Crippen molar-refractivity contribution in [2.24, 2.45) is 0 Å². The van der Waals surface area contributed by atoms with Crippen molar-refractivity contribution >= 4 is 8.56 Å². The Balaban J connectivity index is 4.55. The van der Waals surface area contributed by atoms with Gasteiger partial charge < -0.3 is 8.85 Å². The number of hydrogen-bond acceptors (Lipinski definition) is 2. The normalized spacial score (nSPS) is 11.4. The highest BCUT2D eigenvalue weighted by atomic mass is 28.4. The Kier molecular flexibility index (Phi) is 4.80. The molecular weight excluding hydrogens is 180 g/mol. The maximum Gasteiger partial charge on any atom is 0.510 e. The highest BCUT2D eigenvalue weighted by Crippen LogP contribution is 2.10. The van der Waals surface area contributed by atoms with Crippen LogP contribution in [0.1, 0.15) is 27.7 Å². The van der Waals surface area contributed by atoms with E-state index in [0.29, 0.717) is 0 Å². The molecule has 0 saturated carbocycles. The molecule has 0 N–H and O–H groups in total. The van der Waals surface area contributed by atoms with Crippen LogP contribution in [0.3, 0.4) is 0 Å². The van der Waals surface area contributed by atoms with Crippen LogP contribution in [0.15, 0.2) is 0 Å². The van der Waals surface area contributed by atoms with Crippen molar-refractivity contribution in [1.29, 1.82) is 0 Å². The van der Waals surface area contributed by atoms with Gasteiger partial charge in [0, 0.05) is 12.2 Å². The lowest BCUT2D eigenvalue weighted by atomic mass is 10.5. The van der Waals surface area contributed by atoms with Crippen LogP contribution in [0.5, 0.6) is 0 Å². The highest BCUT2D eigenvalue weighted by molar-refractivity contribution is 6.83. The summed E-state index contributed by atoms with van der Waals surface area (Å²) in [4.78, 5) is 0. The minimum absolute atomic E-state index is 0.00230. The van der Waals surface area contributed by atoms with Gasteiger partial charge in [0.2, 0.25) is 0 Å². The molecule has 13 heavy (non-hydrogen) atoms. The predicted molar refractivity (Wildman–Crippen MR) is 55.9 cm³/mol. The molecule has 0 aliphatic rings. The van der Waals surface area contributed by atoms with E-state index in [2.05, 4.69) is 11.1 Å². The van der Waals surface area contributed by atoms with Crippen molar-refractivity contribution in [3.8, 4) is 23.9 Å². The minimum atomic E-state index is -2.81. The van der Waals surface area contributed by atoms with Gasteiger partial charge in [-0.2, -0.15) is 0 Å². The van der Waals surface area contributed by atoms with Crippen LogP contribution in [0, 0.1) is 23.9 Å². The molecule has 0 heterocycles. The lowest BCUT2D eigenvalue weighted by Gasteiger charge is -2.24. The van der Waals surface area contributed by atoms with Crippen molar-refractivity contribution in [2.45, 2.75) is 39.9 Å². The van der Waals surface area contributed by atoms with E-state index in [1.165, 1.54) is 0 Å². The molecule has 0 bridgehead atoms. The summed E-state index contributed by atoms with van der Waals surface area (Å²) >= 11 is 0. The average Bonchev–Trinajstić information content (AvgIpc) is 2.01. The van der Waals surface area contributed by atoms with Gasteiger partial charge in [0.25, 0.3) is 0 Å². The lowest BCUT2D eigenvalue weighted by Crippen LogP contribution is -2.44. The standard InChI is InChI=1S/C10H16O2Si/c1-7-13(8-2,11-9(3)4)12-10(5)6/h1-2,9-10H,3-6H3. The third-order valence-electron chi connectivity index (χ3n) is 1.18. The zero-order valence-electron chi connectivity index (χ0n) is 8.63. The Bertz CT molecular complexity index is 206. The van der Waals surface area contributed by atoms with E-state index < -0.39 is 8.56 Å². The third kappa shape index (κ3) is 4.14. The molecule has 2 nitrogen and oxygen atoms in total. The molecule has 0 atom stereocenters. The first-order chi connectivity index (χ1) is 5.95. The summed E-state index contributed by atoms with van der Waals surface area (Å²) < 4.78 is 11.0. The monoisotopic (exact) mass is 196 g/mol. The van der Waals surface area contributed by atoms with Gasteiger partial charge in [0.15, 0.2) is 0 Å². The van der Waals surface area contributed by atoms with E-state index in [1.807, 2.05) is 27.7 Å². The van der Waals surface area contributed by atoms with Gasteiger partial charge in [-0.3, -0.25) is 0 Å². The first-order valence-electron chi connectivity index (χ1n) is 4.27. The highest BCUT2D eigenvalue weighted by Gasteiger charge is 2.36. The van der Waals surface area contributed by atoms with Gasteiger partial charge in [-0.15, -0.1) is 12.8 Å². The molecule has 0 aliphatic heterocycles. The average molecular weight is 196 g/mol. The van der Waals surface area contributed by atoms with E-state index in [4.69, 9.17) is 21.7 Å². The van der Waals surface area contributed by atoms with E-state index in [-0.39, 0.29) is 12.2 Å². The summed E-state index contributed by atoms with van der Waals surface area (Å²) in [5, 5.41) is 0. The van der Waals surface area contributed by atoms with Crippen molar-refractivity contribution in [1.82, 2.24) is 0 Å². The molecule has 0 aromatic rings. The molecule has 0 saturated heterocycles. The molecule has 0 radical (unpaired) electrons. The number of hydrogen-bond donors (Lipinski definition) is 0. The Morgan fingerprint density at radius 1 is 0.923 bits per heavy atom.